The number of rotatable bonds is 2. The second-order valence-electron chi connectivity index (χ2n) is 4.60. The maximum absolute atomic E-state index is 13.8. The first-order valence-electron chi connectivity index (χ1n) is 5.87. The maximum Gasteiger partial charge on any atom is 0.131 e. The second-order valence-corrected chi connectivity index (χ2v) is 4.60. The van der Waals surface area contributed by atoms with Gasteiger partial charge in [0.1, 0.15) is 17.5 Å². The molecule has 0 aliphatic carbocycles. The molecule has 100 valence electrons. The summed E-state index contributed by atoms with van der Waals surface area (Å²) in [6.07, 6.45) is 0. The van der Waals surface area contributed by atoms with Crippen molar-refractivity contribution in [1.82, 2.24) is 0 Å². The predicted octanol–water partition coefficient (Wildman–Crippen LogP) is 3.77. The Kier molecular flexibility index (Phi) is 3.62. The van der Waals surface area contributed by atoms with Gasteiger partial charge in [-0.15, -0.1) is 0 Å². The quantitative estimate of drug-likeness (QED) is 0.878. The van der Waals surface area contributed by atoms with Crippen LogP contribution in [0.15, 0.2) is 30.3 Å². The van der Waals surface area contributed by atoms with E-state index in [-0.39, 0.29) is 11.4 Å². The van der Waals surface area contributed by atoms with Gasteiger partial charge in [-0.1, -0.05) is 6.07 Å². The van der Waals surface area contributed by atoms with Crippen molar-refractivity contribution in [3.63, 3.8) is 0 Å². The van der Waals surface area contributed by atoms with Gasteiger partial charge < -0.3 is 5.73 Å². The molecule has 0 fully saturated rings. The van der Waals surface area contributed by atoms with Gasteiger partial charge in [0.05, 0.1) is 6.04 Å². The van der Waals surface area contributed by atoms with Crippen LogP contribution in [0.4, 0.5) is 13.2 Å². The molecule has 0 aliphatic heterocycles. The summed E-state index contributed by atoms with van der Waals surface area (Å²) in [5.41, 5.74) is 7.78. The van der Waals surface area contributed by atoms with Gasteiger partial charge in [-0.05, 0) is 48.7 Å². The van der Waals surface area contributed by atoms with E-state index >= 15 is 0 Å². The fourth-order valence-electron chi connectivity index (χ4n) is 2.07. The number of hydrogen-bond acceptors (Lipinski definition) is 1. The van der Waals surface area contributed by atoms with E-state index in [4.69, 9.17) is 5.73 Å². The molecule has 1 atom stereocenters. The zero-order valence-corrected chi connectivity index (χ0v) is 10.7. The zero-order valence-electron chi connectivity index (χ0n) is 10.7. The van der Waals surface area contributed by atoms with Gasteiger partial charge >= 0.3 is 0 Å². The van der Waals surface area contributed by atoms with E-state index < -0.39 is 17.7 Å². The van der Waals surface area contributed by atoms with Crippen molar-refractivity contribution in [3.8, 4) is 0 Å². The molecule has 2 aromatic carbocycles. The number of benzene rings is 2. The van der Waals surface area contributed by atoms with E-state index in [9.17, 15) is 13.2 Å². The minimum Gasteiger partial charge on any atom is -0.320 e. The van der Waals surface area contributed by atoms with E-state index in [1.165, 1.54) is 24.3 Å². The summed E-state index contributed by atoms with van der Waals surface area (Å²) < 4.78 is 40.1. The first-order chi connectivity index (χ1) is 8.90. The minimum atomic E-state index is -0.750. The molecule has 19 heavy (non-hydrogen) atoms. The number of hydrogen-bond donors (Lipinski definition) is 1. The predicted molar refractivity (Wildman–Crippen MR) is 68.3 cm³/mol. The van der Waals surface area contributed by atoms with Crippen molar-refractivity contribution >= 4 is 0 Å². The number of nitrogens with two attached hydrogens (primary N) is 1. The van der Waals surface area contributed by atoms with Crippen LogP contribution < -0.4 is 5.73 Å². The lowest BCUT2D eigenvalue weighted by Gasteiger charge is -2.17. The Bertz CT molecular complexity index is 623. The van der Waals surface area contributed by atoms with Gasteiger partial charge in [0, 0.05) is 11.6 Å². The summed E-state index contributed by atoms with van der Waals surface area (Å²) in [6.45, 7) is 3.25. The van der Waals surface area contributed by atoms with Crippen LogP contribution in [0.2, 0.25) is 0 Å². The van der Waals surface area contributed by atoms with Crippen LogP contribution in [0.3, 0.4) is 0 Å². The summed E-state index contributed by atoms with van der Waals surface area (Å²) in [5.74, 6) is -1.67. The Hall–Kier alpha value is -1.81. The molecule has 0 heterocycles. The largest absolute Gasteiger partial charge is 0.320 e. The highest BCUT2D eigenvalue weighted by Gasteiger charge is 2.17. The van der Waals surface area contributed by atoms with Gasteiger partial charge in [-0.2, -0.15) is 0 Å². The Morgan fingerprint density at radius 2 is 1.53 bits per heavy atom. The van der Waals surface area contributed by atoms with Gasteiger partial charge in [-0.25, -0.2) is 13.2 Å². The fourth-order valence-corrected chi connectivity index (χ4v) is 2.07. The van der Waals surface area contributed by atoms with Crippen LogP contribution in [0, 0.1) is 31.3 Å². The molecule has 2 N–H and O–H groups in total. The molecule has 1 nitrogen and oxygen atoms in total. The standard InChI is InChI=1S/C15H14F3N/c1-8-5-10(16)3-4-11(8)15(19)12-6-9(2)13(17)7-14(12)18/h3-7,15H,19H2,1-2H3. The molecule has 1 unspecified atom stereocenters. The summed E-state index contributed by atoms with van der Waals surface area (Å²) >= 11 is 0. The van der Waals surface area contributed by atoms with Gasteiger partial charge in [0.25, 0.3) is 0 Å². The van der Waals surface area contributed by atoms with Gasteiger partial charge in [-0.3, -0.25) is 0 Å². The Labute approximate surface area is 109 Å². The van der Waals surface area contributed by atoms with Crippen LogP contribution in [-0.4, -0.2) is 0 Å². The first kappa shape index (κ1) is 13.6. The van der Waals surface area contributed by atoms with Crippen LogP contribution in [0.25, 0.3) is 0 Å². The number of aryl methyl sites for hydroxylation is 2. The van der Waals surface area contributed by atoms with E-state index in [1.54, 1.807) is 13.8 Å². The monoisotopic (exact) mass is 265 g/mol. The molecular formula is C15H14F3N. The Balaban J connectivity index is 2.49. The summed E-state index contributed by atoms with van der Waals surface area (Å²) in [6, 6.07) is 5.59. The normalized spacial score (nSPS) is 12.5. The molecule has 0 saturated heterocycles. The lowest BCUT2D eigenvalue weighted by molar-refractivity contribution is 0.560. The van der Waals surface area contributed by atoms with E-state index in [0.717, 1.165) is 6.07 Å². The Morgan fingerprint density at radius 1 is 0.842 bits per heavy atom. The number of halogens is 3. The highest BCUT2D eigenvalue weighted by atomic mass is 19.1. The molecular weight excluding hydrogens is 251 g/mol. The second kappa shape index (κ2) is 5.05. The van der Waals surface area contributed by atoms with Crippen molar-refractivity contribution in [2.45, 2.75) is 19.9 Å². The lowest BCUT2D eigenvalue weighted by Crippen LogP contribution is -2.15. The fraction of sp³-hybridized carbons (Fsp3) is 0.200. The van der Waals surface area contributed by atoms with Crippen LogP contribution >= 0.6 is 0 Å². The first-order valence-corrected chi connectivity index (χ1v) is 5.87. The topological polar surface area (TPSA) is 26.0 Å². The highest BCUT2D eigenvalue weighted by molar-refractivity contribution is 5.39. The van der Waals surface area contributed by atoms with Crippen molar-refractivity contribution in [2.24, 2.45) is 5.73 Å². The lowest BCUT2D eigenvalue weighted by atomic mass is 9.94. The van der Waals surface area contributed by atoms with Crippen LogP contribution in [-0.2, 0) is 0 Å². The molecule has 4 heteroatoms. The van der Waals surface area contributed by atoms with E-state index in [1.807, 2.05) is 0 Å². The average molecular weight is 265 g/mol. The minimum absolute atomic E-state index is 0.202. The third-order valence-electron chi connectivity index (χ3n) is 3.18. The van der Waals surface area contributed by atoms with Crippen molar-refractivity contribution in [3.05, 3.63) is 70.0 Å². The molecule has 0 radical (unpaired) electrons. The van der Waals surface area contributed by atoms with Crippen molar-refractivity contribution < 1.29 is 13.2 Å². The van der Waals surface area contributed by atoms with Gasteiger partial charge in [0.15, 0.2) is 0 Å². The molecule has 0 aromatic heterocycles. The molecule has 0 saturated carbocycles. The van der Waals surface area contributed by atoms with Gasteiger partial charge in [0.2, 0.25) is 0 Å². The maximum atomic E-state index is 13.8. The SMILES string of the molecule is Cc1cc(C(N)c2ccc(F)cc2C)c(F)cc1F. The van der Waals surface area contributed by atoms with E-state index in [2.05, 4.69) is 0 Å². The molecule has 0 aliphatic rings. The van der Waals surface area contributed by atoms with Crippen molar-refractivity contribution in [1.29, 1.82) is 0 Å². The highest BCUT2D eigenvalue weighted by Crippen LogP contribution is 2.27. The summed E-state index contributed by atoms with van der Waals surface area (Å²) in [7, 11) is 0. The van der Waals surface area contributed by atoms with Crippen LogP contribution in [0.1, 0.15) is 28.3 Å². The average Bonchev–Trinajstić information content (AvgIpc) is 2.33. The van der Waals surface area contributed by atoms with Crippen molar-refractivity contribution in [2.75, 3.05) is 0 Å². The third kappa shape index (κ3) is 2.63. The zero-order chi connectivity index (χ0) is 14.2. The third-order valence-corrected chi connectivity index (χ3v) is 3.18. The summed E-state index contributed by atoms with van der Waals surface area (Å²) in [4.78, 5) is 0. The molecule has 0 bridgehead atoms. The molecule has 2 rings (SSSR count). The smallest absolute Gasteiger partial charge is 0.131 e. The molecule has 2 aromatic rings. The molecule has 0 amide bonds. The summed E-state index contributed by atoms with van der Waals surface area (Å²) in [5, 5.41) is 0. The van der Waals surface area contributed by atoms with E-state index in [0.29, 0.717) is 16.7 Å². The van der Waals surface area contributed by atoms with Crippen LogP contribution in [0.5, 0.6) is 0 Å². The Morgan fingerprint density at radius 3 is 2.16 bits per heavy atom. The molecule has 0 spiro atoms.